The summed E-state index contributed by atoms with van der Waals surface area (Å²) >= 11 is 0. The molecule has 1 atom stereocenters. The molecule has 19 heavy (non-hydrogen) atoms. The number of hydrogen-bond donors (Lipinski definition) is 1. The van der Waals surface area contributed by atoms with Crippen LogP contribution in [0.3, 0.4) is 0 Å². The lowest BCUT2D eigenvalue weighted by Crippen LogP contribution is -2.36. The number of benzene rings is 1. The van der Waals surface area contributed by atoms with Crippen LogP contribution < -0.4 is 5.73 Å². The summed E-state index contributed by atoms with van der Waals surface area (Å²) in [4.78, 5) is 2.61. The van der Waals surface area contributed by atoms with Crippen molar-refractivity contribution in [1.82, 2.24) is 4.90 Å². The predicted molar refractivity (Wildman–Crippen MR) is 84.2 cm³/mol. The zero-order chi connectivity index (χ0) is 14.1. The van der Waals surface area contributed by atoms with Crippen LogP contribution in [0.2, 0.25) is 0 Å². The van der Waals surface area contributed by atoms with E-state index in [1.54, 1.807) is 0 Å². The fraction of sp³-hybridized carbons (Fsp3) is 0.647. The molecule has 0 spiro atoms. The van der Waals surface area contributed by atoms with Crippen LogP contribution in [-0.4, -0.2) is 24.0 Å². The molecule has 0 bridgehead atoms. The average Bonchev–Trinajstić information content (AvgIpc) is 2.42. The first-order valence-electron chi connectivity index (χ1n) is 7.71. The van der Waals surface area contributed by atoms with Crippen molar-refractivity contribution in [3.8, 4) is 0 Å². The van der Waals surface area contributed by atoms with Gasteiger partial charge in [0.2, 0.25) is 0 Å². The van der Waals surface area contributed by atoms with Gasteiger partial charge in [-0.05, 0) is 45.3 Å². The van der Waals surface area contributed by atoms with Crippen LogP contribution in [0.1, 0.15) is 58.1 Å². The Hall–Kier alpha value is -0.860. The van der Waals surface area contributed by atoms with Gasteiger partial charge in [0.1, 0.15) is 0 Å². The van der Waals surface area contributed by atoms with Crippen LogP contribution in [0.25, 0.3) is 0 Å². The molecule has 2 nitrogen and oxygen atoms in total. The third kappa shape index (κ3) is 5.33. The lowest BCUT2D eigenvalue weighted by atomic mass is 10.00. The van der Waals surface area contributed by atoms with Crippen molar-refractivity contribution in [2.75, 3.05) is 13.1 Å². The van der Waals surface area contributed by atoms with Crippen molar-refractivity contribution < 1.29 is 0 Å². The molecule has 2 heteroatoms. The van der Waals surface area contributed by atoms with E-state index in [1.807, 2.05) is 0 Å². The van der Waals surface area contributed by atoms with E-state index in [0.717, 1.165) is 13.0 Å². The smallest absolute Gasteiger partial charge is 0.0362 e. The molecule has 1 rings (SSSR count). The molecule has 0 aliphatic rings. The molecule has 1 unspecified atom stereocenters. The van der Waals surface area contributed by atoms with Crippen molar-refractivity contribution in [3.63, 3.8) is 0 Å². The average molecular weight is 262 g/mol. The zero-order valence-electron chi connectivity index (χ0n) is 12.8. The van der Waals surface area contributed by atoms with Gasteiger partial charge in [-0.1, -0.05) is 50.1 Å². The molecule has 0 amide bonds. The third-order valence-corrected chi connectivity index (χ3v) is 3.71. The van der Waals surface area contributed by atoms with Crippen LogP contribution in [-0.2, 0) is 0 Å². The van der Waals surface area contributed by atoms with E-state index in [0.29, 0.717) is 12.1 Å². The summed E-state index contributed by atoms with van der Waals surface area (Å²) in [6, 6.07) is 11.8. The summed E-state index contributed by atoms with van der Waals surface area (Å²) in [6.07, 6.45) is 4.91. The van der Waals surface area contributed by atoms with E-state index in [1.165, 1.54) is 31.4 Å². The summed E-state index contributed by atoms with van der Waals surface area (Å²) in [6.45, 7) is 8.76. The summed E-state index contributed by atoms with van der Waals surface area (Å²) in [5.74, 6) is 0. The van der Waals surface area contributed by atoms with Gasteiger partial charge < -0.3 is 5.73 Å². The van der Waals surface area contributed by atoms with Gasteiger partial charge in [-0.25, -0.2) is 0 Å². The van der Waals surface area contributed by atoms with Gasteiger partial charge in [0.05, 0.1) is 0 Å². The maximum Gasteiger partial charge on any atom is 0.0362 e. The zero-order valence-corrected chi connectivity index (χ0v) is 12.8. The van der Waals surface area contributed by atoms with E-state index in [4.69, 9.17) is 5.73 Å². The molecule has 1 aromatic rings. The summed E-state index contributed by atoms with van der Waals surface area (Å²) < 4.78 is 0. The standard InChI is InChI=1S/C17H30N2/c1-4-5-9-14-19(15(2)3)17(12-13-18)16-10-7-6-8-11-16/h6-8,10-11,15,17H,4-5,9,12-14,18H2,1-3H3. The molecule has 108 valence electrons. The maximum atomic E-state index is 5.83. The van der Waals surface area contributed by atoms with Crippen molar-refractivity contribution in [2.45, 2.75) is 58.5 Å². The predicted octanol–water partition coefficient (Wildman–Crippen LogP) is 3.98. The topological polar surface area (TPSA) is 29.3 Å². The van der Waals surface area contributed by atoms with Crippen LogP contribution in [0.5, 0.6) is 0 Å². The Bertz CT molecular complexity index is 321. The first kappa shape index (κ1) is 16.2. The van der Waals surface area contributed by atoms with Gasteiger partial charge in [0.15, 0.2) is 0 Å². The Kier molecular flexibility index (Phi) is 7.76. The van der Waals surface area contributed by atoms with Gasteiger partial charge in [0.25, 0.3) is 0 Å². The molecule has 0 aliphatic carbocycles. The Morgan fingerprint density at radius 3 is 2.32 bits per heavy atom. The molecule has 0 aliphatic heterocycles. The van der Waals surface area contributed by atoms with Gasteiger partial charge in [-0.15, -0.1) is 0 Å². The van der Waals surface area contributed by atoms with Crippen molar-refractivity contribution >= 4 is 0 Å². The molecule has 2 N–H and O–H groups in total. The van der Waals surface area contributed by atoms with E-state index in [9.17, 15) is 0 Å². The van der Waals surface area contributed by atoms with Crippen molar-refractivity contribution in [1.29, 1.82) is 0 Å². The molecule has 0 saturated heterocycles. The minimum Gasteiger partial charge on any atom is -0.330 e. The Morgan fingerprint density at radius 1 is 1.11 bits per heavy atom. The Balaban J connectivity index is 2.80. The first-order chi connectivity index (χ1) is 9.20. The molecule has 0 aromatic heterocycles. The highest BCUT2D eigenvalue weighted by Crippen LogP contribution is 2.26. The van der Waals surface area contributed by atoms with Crippen LogP contribution in [0.4, 0.5) is 0 Å². The normalized spacial score (nSPS) is 13.2. The second-order valence-corrected chi connectivity index (χ2v) is 5.54. The monoisotopic (exact) mass is 262 g/mol. The highest BCUT2D eigenvalue weighted by Gasteiger charge is 2.21. The van der Waals surface area contributed by atoms with E-state index < -0.39 is 0 Å². The molecule has 0 saturated carbocycles. The fourth-order valence-electron chi connectivity index (χ4n) is 2.68. The molecule has 0 fully saturated rings. The number of nitrogens with two attached hydrogens (primary N) is 1. The highest BCUT2D eigenvalue weighted by atomic mass is 15.2. The number of rotatable bonds is 9. The number of unbranched alkanes of at least 4 members (excludes halogenated alkanes) is 2. The van der Waals surface area contributed by atoms with Crippen LogP contribution >= 0.6 is 0 Å². The second kappa shape index (κ2) is 9.11. The van der Waals surface area contributed by atoms with Gasteiger partial charge in [0, 0.05) is 12.1 Å². The lowest BCUT2D eigenvalue weighted by Gasteiger charge is -2.35. The Morgan fingerprint density at radius 2 is 1.79 bits per heavy atom. The molecule has 0 heterocycles. The maximum absolute atomic E-state index is 5.83. The summed E-state index contributed by atoms with van der Waals surface area (Å²) in [5.41, 5.74) is 7.23. The van der Waals surface area contributed by atoms with Gasteiger partial charge in [-0.3, -0.25) is 4.90 Å². The SMILES string of the molecule is CCCCCN(C(C)C)C(CCN)c1ccccc1. The van der Waals surface area contributed by atoms with E-state index in [-0.39, 0.29) is 0 Å². The van der Waals surface area contributed by atoms with Crippen molar-refractivity contribution in [3.05, 3.63) is 35.9 Å². The minimum absolute atomic E-state index is 0.461. The van der Waals surface area contributed by atoms with Crippen LogP contribution in [0.15, 0.2) is 30.3 Å². The quantitative estimate of drug-likeness (QED) is 0.682. The number of nitrogens with zero attached hydrogens (tertiary/aromatic N) is 1. The minimum atomic E-state index is 0.461. The second-order valence-electron chi connectivity index (χ2n) is 5.54. The van der Waals surface area contributed by atoms with E-state index >= 15 is 0 Å². The largest absolute Gasteiger partial charge is 0.330 e. The molecular weight excluding hydrogens is 232 g/mol. The molecular formula is C17H30N2. The Labute approximate surface area is 119 Å². The highest BCUT2D eigenvalue weighted by molar-refractivity contribution is 5.19. The van der Waals surface area contributed by atoms with Crippen molar-refractivity contribution in [2.24, 2.45) is 5.73 Å². The first-order valence-corrected chi connectivity index (χ1v) is 7.71. The third-order valence-electron chi connectivity index (χ3n) is 3.71. The summed E-state index contributed by atoms with van der Waals surface area (Å²) in [7, 11) is 0. The summed E-state index contributed by atoms with van der Waals surface area (Å²) in [5, 5.41) is 0. The van der Waals surface area contributed by atoms with Gasteiger partial charge in [-0.2, -0.15) is 0 Å². The lowest BCUT2D eigenvalue weighted by molar-refractivity contribution is 0.143. The van der Waals surface area contributed by atoms with Crippen LogP contribution in [0, 0.1) is 0 Å². The molecule has 0 radical (unpaired) electrons. The van der Waals surface area contributed by atoms with Gasteiger partial charge >= 0.3 is 0 Å². The fourth-order valence-corrected chi connectivity index (χ4v) is 2.68. The van der Waals surface area contributed by atoms with E-state index in [2.05, 4.69) is 56.0 Å². The molecule has 1 aromatic carbocycles. The number of hydrogen-bond acceptors (Lipinski definition) is 2.